The smallest absolute Gasteiger partial charge is 0.315 e. The molecule has 0 aliphatic carbocycles. The minimum atomic E-state index is -0.480. The van der Waals surface area contributed by atoms with E-state index in [1.54, 1.807) is 6.20 Å². The number of nitrogens with one attached hydrogen (secondary N) is 2. The standard InChI is InChI=1S/C14H24N4O2/c1-4-5-12(19)10-17-14(20)16-9-11-6-7-15-13(8-11)18(2)3/h6-8,12,19H,4-5,9-10H2,1-3H3,(H2,16,17,20). The van der Waals surface area contributed by atoms with Crippen molar-refractivity contribution in [1.29, 1.82) is 0 Å². The van der Waals surface area contributed by atoms with Gasteiger partial charge in [-0.15, -0.1) is 0 Å². The van der Waals surface area contributed by atoms with Crippen LogP contribution in [0, 0.1) is 0 Å². The fraction of sp³-hybridized carbons (Fsp3) is 0.571. The molecule has 0 saturated carbocycles. The normalized spacial score (nSPS) is 11.8. The van der Waals surface area contributed by atoms with E-state index in [-0.39, 0.29) is 12.6 Å². The van der Waals surface area contributed by atoms with Gasteiger partial charge in [0.1, 0.15) is 5.82 Å². The summed E-state index contributed by atoms with van der Waals surface area (Å²) in [5, 5.41) is 14.9. The molecule has 3 N–H and O–H groups in total. The van der Waals surface area contributed by atoms with Crippen LogP contribution in [0.2, 0.25) is 0 Å². The van der Waals surface area contributed by atoms with Gasteiger partial charge < -0.3 is 20.6 Å². The number of nitrogens with zero attached hydrogens (tertiary/aromatic N) is 2. The summed E-state index contributed by atoms with van der Waals surface area (Å²) in [7, 11) is 3.84. The van der Waals surface area contributed by atoms with E-state index >= 15 is 0 Å². The average molecular weight is 280 g/mol. The van der Waals surface area contributed by atoms with Crippen molar-refractivity contribution in [3.63, 3.8) is 0 Å². The van der Waals surface area contributed by atoms with E-state index in [4.69, 9.17) is 0 Å². The molecule has 1 unspecified atom stereocenters. The zero-order chi connectivity index (χ0) is 15.0. The molecule has 0 spiro atoms. The second-order valence-corrected chi connectivity index (χ2v) is 4.92. The number of hydrogen-bond acceptors (Lipinski definition) is 4. The third-order valence-corrected chi connectivity index (χ3v) is 2.84. The van der Waals surface area contributed by atoms with Gasteiger partial charge in [-0.1, -0.05) is 13.3 Å². The van der Waals surface area contributed by atoms with Crippen LogP contribution >= 0.6 is 0 Å². The minimum Gasteiger partial charge on any atom is -0.391 e. The third-order valence-electron chi connectivity index (χ3n) is 2.84. The Balaban J connectivity index is 2.35. The Morgan fingerprint density at radius 2 is 2.20 bits per heavy atom. The van der Waals surface area contributed by atoms with Crippen LogP contribution in [0.3, 0.4) is 0 Å². The molecular weight excluding hydrogens is 256 g/mol. The molecule has 112 valence electrons. The molecule has 1 aromatic rings. The maximum Gasteiger partial charge on any atom is 0.315 e. The predicted molar refractivity (Wildman–Crippen MR) is 79.7 cm³/mol. The molecule has 1 aromatic heterocycles. The lowest BCUT2D eigenvalue weighted by molar-refractivity contribution is 0.160. The van der Waals surface area contributed by atoms with Crippen LogP contribution in [0.1, 0.15) is 25.3 Å². The average Bonchev–Trinajstić information content (AvgIpc) is 2.43. The molecule has 0 saturated heterocycles. The minimum absolute atomic E-state index is 0.275. The molecular formula is C14H24N4O2. The summed E-state index contributed by atoms with van der Waals surface area (Å²) in [5.41, 5.74) is 0.980. The first kappa shape index (κ1) is 16.2. The summed E-state index contributed by atoms with van der Waals surface area (Å²) in [5.74, 6) is 0.850. The maximum atomic E-state index is 11.6. The van der Waals surface area contributed by atoms with Crippen LogP contribution in [0.5, 0.6) is 0 Å². The topological polar surface area (TPSA) is 77.5 Å². The van der Waals surface area contributed by atoms with Crippen molar-refractivity contribution >= 4 is 11.8 Å². The van der Waals surface area contributed by atoms with E-state index in [9.17, 15) is 9.90 Å². The van der Waals surface area contributed by atoms with Crippen molar-refractivity contribution in [3.8, 4) is 0 Å². The van der Waals surface area contributed by atoms with E-state index in [1.165, 1.54) is 0 Å². The molecule has 0 aliphatic heterocycles. The molecule has 1 heterocycles. The van der Waals surface area contributed by atoms with Crippen LogP contribution in [-0.2, 0) is 6.54 Å². The molecule has 1 rings (SSSR count). The van der Waals surface area contributed by atoms with E-state index in [0.717, 1.165) is 17.8 Å². The summed E-state index contributed by atoms with van der Waals surface area (Å²) < 4.78 is 0. The SMILES string of the molecule is CCCC(O)CNC(=O)NCc1ccnc(N(C)C)c1. The lowest BCUT2D eigenvalue weighted by Gasteiger charge is -2.13. The van der Waals surface area contributed by atoms with Crippen molar-refractivity contribution < 1.29 is 9.90 Å². The van der Waals surface area contributed by atoms with Crippen molar-refractivity contribution in [1.82, 2.24) is 15.6 Å². The van der Waals surface area contributed by atoms with Gasteiger partial charge in [0, 0.05) is 33.4 Å². The van der Waals surface area contributed by atoms with Crippen LogP contribution in [-0.4, -0.2) is 42.9 Å². The number of carbonyl (C=O) groups is 1. The van der Waals surface area contributed by atoms with Crippen LogP contribution in [0.4, 0.5) is 10.6 Å². The Bertz CT molecular complexity index is 423. The lowest BCUT2D eigenvalue weighted by atomic mass is 10.2. The molecule has 0 aromatic carbocycles. The fourth-order valence-corrected chi connectivity index (χ4v) is 1.71. The van der Waals surface area contributed by atoms with Gasteiger partial charge in [-0.2, -0.15) is 0 Å². The molecule has 0 aliphatic rings. The summed E-state index contributed by atoms with van der Waals surface area (Å²) in [6.45, 7) is 2.70. The third kappa shape index (κ3) is 5.88. The number of aliphatic hydroxyl groups is 1. The Morgan fingerprint density at radius 3 is 2.85 bits per heavy atom. The quantitative estimate of drug-likeness (QED) is 0.699. The van der Waals surface area contributed by atoms with Crippen molar-refractivity contribution in [2.75, 3.05) is 25.5 Å². The van der Waals surface area contributed by atoms with E-state index < -0.39 is 6.10 Å². The zero-order valence-electron chi connectivity index (χ0n) is 12.4. The number of anilines is 1. The highest BCUT2D eigenvalue weighted by molar-refractivity contribution is 5.73. The molecule has 2 amide bonds. The number of urea groups is 1. The highest BCUT2D eigenvalue weighted by atomic mass is 16.3. The number of amides is 2. The molecule has 6 nitrogen and oxygen atoms in total. The molecule has 0 bridgehead atoms. The van der Waals surface area contributed by atoms with E-state index in [1.807, 2.05) is 38.1 Å². The van der Waals surface area contributed by atoms with Crippen LogP contribution < -0.4 is 15.5 Å². The zero-order valence-corrected chi connectivity index (χ0v) is 12.4. The summed E-state index contributed by atoms with van der Waals surface area (Å²) in [6.07, 6.45) is 2.83. The second kappa shape index (κ2) is 8.37. The van der Waals surface area contributed by atoms with Gasteiger partial charge in [0.25, 0.3) is 0 Å². The Morgan fingerprint density at radius 1 is 1.45 bits per heavy atom. The van der Waals surface area contributed by atoms with Crippen LogP contribution in [0.15, 0.2) is 18.3 Å². The van der Waals surface area contributed by atoms with Gasteiger partial charge in [0.2, 0.25) is 0 Å². The maximum absolute atomic E-state index is 11.6. The monoisotopic (exact) mass is 280 g/mol. The first-order chi connectivity index (χ1) is 9.52. The number of carbonyl (C=O) groups excluding carboxylic acids is 1. The highest BCUT2D eigenvalue weighted by Crippen LogP contribution is 2.08. The second-order valence-electron chi connectivity index (χ2n) is 4.92. The van der Waals surface area contributed by atoms with Crippen LogP contribution in [0.25, 0.3) is 0 Å². The lowest BCUT2D eigenvalue weighted by Crippen LogP contribution is -2.39. The summed E-state index contributed by atoms with van der Waals surface area (Å²) in [4.78, 5) is 17.7. The van der Waals surface area contributed by atoms with Gasteiger partial charge >= 0.3 is 6.03 Å². The summed E-state index contributed by atoms with van der Waals surface area (Å²) in [6, 6.07) is 3.51. The Kier molecular flexibility index (Phi) is 6.79. The van der Waals surface area contributed by atoms with Crippen molar-refractivity contribution in [2.45, 2.75) is 32.4 Å². The molecule has 0 fully saturated rings. The molecule has 1 atom stereocenters. The van der Waals surface area contributed by atoms with E-state index in [2.05, 4.69) is 15.6 Å². The van der Waals surface area contributed by atoms with Crippen molar-refractivity contribution in [2.24, 2.45) is 0 Å². The largest absolute Gasteiger partial charge is 0.391 e. The molecule has 0 radical (unpaired) electrons. The van der Waals surface area contributed by atoms with Gasteiger partial charge in [0.15, 0.2) is 0 Å². The molecule has 6 heteroatoms. The van der Waals surface area contributed by atoms with E-state index in [0.29, 0.717) is 13.0 Å². The highest BCUT2D eigenvalue weighted by Gasteiger charge is 2.06. The Labute approximate surface area is 120 Å². The van der Waals surface area contributed by atoms with Gasteiger partial charge in [0.05, 0.1) is 6.10 Å². The number of hydrogen-bond donors (Lipinski definition) is 3. The summed E-state index contributed by atoms with van der Waals surface area (Å²) >= 11 is 0. The number of aliphatic hydroxyl groups excluding tert-OH is 1. The van der Waals surface area contributed by atoms with Gasteiger partial charge in [-0.05, 0) is 24.1 Å². The predicted octanol–water partition coefficient (Wildman–Crippen LogP) is 1.11. The first-order valence-electron chi connectivity index (χ1n) is 6.85. The van der Waals surface area contributed by atoms with Gasteiger partial charge in [-0.25, -0.2) is 9.78 Å². The number of rotatable bonds is 7. The van der Waals surface area contributed by atoms with Gasteiger partial charge in [-0.3, -0.25) is 0 Å². The Hall–Kier alpha value is -1.82. The number of pyridine rings is 1. The molecule has 20 heavy (non-hydrogen) atoms. The number of aromatic nitrogens is 1. The van der Waals surface area contributed by atoms with Crippen molar-refractivity contribution in [3.05, 3.63) is 23.9 Å². The first-order valence-corrected chi connectivity index (χ1v) is 6.85. The fourth-order valence-electron chi connectivity index (χ4n) is 1.71.